The van der Waals surface area contributed by atoms with E-state index in [9.17, 15) is 8.42 Å². The molecule has 6 heteroatoms. The van der Waals surface area contributed by atoms with Crippen LogP contribution in [0.1, 0.15) is 25.7 Å². The number of hydrogen-bond acceptors (Lipinski definition) is 4. The third kappa shape index (κ3) is 3.54. The lowest BCUT2D eigenvalue weighted by Gasteiger charge is -2.26. The Labute approximate surface area is 164 Å². The molecule has 1 aromatic heterocycles. The zero-order valence-corrected chi connectivity index (χ0v) is 16.5. The lowest BCUT2D eigenvalue weighted by Crippen LogP contribution is -2.26. The highest BCUT2D eigenvalue weighted by Crippen LogP contribution is 2.37. The Morgan fingerprint density at radius 2 is 1.63 bits per heavy atom. The Bertz CT molecular complexity index is 1060. The molecule has 1 aliphatic heterocycles. The number of pyridine rings is 1. The van der Waals surface area contributed by atoms with E-state index in [4.69, 9.17) is 11.6 Å². The van der Waals surface area contributed by atoms with E-state index in [0.717, 1.165) is 42.5 Å². The summed E-state index contributed by atoms with van der Waals surface area (Å²) >= 11 is 6.25. The first-order valence-corrected chi connectivity index (χ1v) is 11.1. The van der Waals surface area contributed by atoms with Gasteiger partial charge < -0.3 is 4.90 Å². The SMILES string of the molecule is O=S(=O)(c1ccccc1)c1cnc2ccc(Cl)cc2c1N1CCCCCC1. The molecule has 0 unspecified atom stereocenters. The Morgan fingerprint density at radius 3 is 2.33 bits per heavy atom. The van der Waals surface area contributed by atoms with Crippen molar-refractivity contribution in [3.8, 4) is 0 Å². The second kappa shape index (κ2) is 7.49. The highest BCUT2D eigenvalue weighted by Gasteiger charge is 2.27. The maximum absolute atomic E-state index is 13.4. The predicted molar refractivity (Wildman–Crippen MR) is 109 cm³/mol. The van der Waals surface area contributed by atoms with Crippen LogP contribution in [0, 0.1) is 0 Å². The highest BCUT2D eigenvalue weighted by atomic mass is 35.5. The van der Waals surface area contributed by atoms with Gasteiger partial charge in [-0.15, -0.1) is 0 Å². The van der Waals surface area contributed by atoms with Crippen LogP contribution in [0.5, 0.6) is 0 Å². The zero-order chi connectivity index (χ0) is 18.9. The third-order valence-electron chi connectivity index (χ3n) is 5.03. The van der Waals surface area contributed by atoms with Gasteiger partial charge in [0.05, 0.1) is 16.1 Å². The van der Waals surface area contributed by atoms with Crippen LogP contribution in [0.4, 0.5) is 5.69 Å². The number of aromatic nitrogens is 1. The first kappa shape index (κ1) is 18.3. The van der Waals surface area contributed by atoms with Crippen molar-refractivity contribution in [2.75, 3.05) is 18.0 Å². The summed E-state index contributed by atoms with van der Waals surface area (Å²) in [5, 5.41) is 1.37. The molecule has 27 heavy (non-hydrogen) atoms. The Hall–Kier alpha value is -2.11. The smallest absolute Gasteiger partial charge is 0.210 e. The lowest BCUT2D eigenvalue weighted by molar-refractivity contribution is 0.595. The Balaban J connectivity index is 1.98. The van der Waals surface area contributed by atoms with E-state index in [1.54, 1.807) is 30.3 Å². The maximum Gasteiger partial charge on any atom is 0.210 e. The van der Waals surface area contributed by atoms with Gasteiger partial charge in [-0.05, 0) is 43.2 Å². The number of fused-ring (bicyclic) bond motifs is 1. The second-order valence-electron chi connectivity index (χ2n) is 6.85. The first-order valence-electron chi connectivity index (χ1n) is 9.21. The molecule has 1 aliphatic rings. The van der Waals surface area contributed by atoms with Crippen molar-refractivity contribution in [2.45, 2.75) is 35.5 Å². The molecule has 1 fully saturated rings. The summed E-state index contributed by atoms with van der Waals surface area (Å²) in [5.41, 5.74) is 1.49. The van der Waals surface area contributed by atoms with Crippen LogP contribution in [-0.4, -0.2) is 26.5 Å². The molecule has 4 rings (SSSR count). The molecule has 140 valence electrons. The molecular formula is C21H21ClN2O2S. The van der Waals surface area contributed by atoms with E-state index in [2.05, 4.69) is 9.88 Å². The van der Waals surface area contributed by atoms with Crippen LogP contribution in [-0.2, 0) is 9.84 Å². The van der Waals surface area contributed by atoms with Crippen molar-refractivity contribution in [2.24, 2.45) is 0 Å². The second-order valence-corrected chi connectivity index (χ2v) is 9.20. The number of hydrogen-bond donors (Lipinski definition) is 0. The number of benzene rings is 2. The topological polar surface area (TPSA) is 50.3 Å². The summed E-state index contributed by atoms with van der Waals surface area (Å²) in [6, 6.07) is 14.0. The maximum atomic E-state index is 13.4. The van der Waals surface area contributed by atoms with Crippen LogP contribution in [0.3, 0.4) is 0 Å². The normalized spacial score (nSPS) is 15.7. The average molecular weight is 401 g/mol. The predicted octanol–water partition coefficient (Wildman–Crippen LogP) is 5.10. The Kier molecular flexibility index (Phi) is 5.06. The van der Waals surface area contributed by atoms with E-state index < -0.39 is 9.84 Å². The van der Waals surface area contributed by atoms with E-state index in [1.807, 2.05) is 18.2 Å². The quantitative estimate of drug-likeness (QED) is 0.613. The van der Waals surface area contributed by atoms with Crippen molar-refractivity contribution < 1.29 is 8.42 Å². The number of rotatable bonds is 3. The fraction of sp³-hybridized carbons (Fsp3) is 0.286. The fourth-order valence-electron chi connectivity index (χ4n) is 3.68. The van der Waals surface area contributed by atoms with E-state index in [1.165, 1.54) is 19.0 Å². The van der Waals surface area contributed by atoms with E-state index in [-0.39, 0.29) is 9.79 Å². The summed E-state index contributed by atoms with van der Waals surface area (Å²) < 4.78 is 26.8. The molecule has 0 spiro atoms. The monoisotopic (exact) mass is 400 g/mol. The van der Waals surface area contributed by atoms with Gasteiger partial charge in [-0.1, -0.05) is 42.6 Å². The fourth-order valence-corrected chi connectivity index (χ4v) is 5.30. The molecule has 4 nitrogen and oxygen atoms in total. The molecule has 0 radical (unpaired) electrons. The minimum Gasteiger partial charge on any atom is -0.370 e. The number of halogens is 1. The third-order valence-corrected chi connectivity index (χ3v) is 7.04. The summed E-state index contributed by atoms with van der Waals surface area (Å²) in [4.78, 5) is 7.16. The van der Waals surface area contributed by atoms with Gasteiger partial charge in [-0.2, -0.15) is 0 Å². The van der Waals surface area contributed by atoms with Gasteiger partial charge in [0.15, 0.2) is 0 Å². The summed E-state index contributed by atoms with van der Waals surface area (Å²) in [5.74, 6) is 0. The van der Waals surface area contributed by atoms with Crippen LogP contribution < -0.4 is 4.90 Å². The highest BCUT2D eigenvalue weighted by molar-refractivity contribution is 7.91. The van der Waals surface area contributed by atoms with Crippen molar-refractivity contribution in [1.82, 2.24) is 4.98 Å². The lowest BCUT2D eigenvalue weighted by atomic mass is 10.1. The standard InChI is InChI=1S/C21H21ClN2O2S/c22-16-10-11-19-18(14-16)21(24-12-6-1-2-7-13-24)20(15-23-19)27(25,26)17-8-4-3-5-9-17/h3-5,8-11,14-15H,1-2,6-7,12-13H2. The molecule has 0 amide bonds. The summed E-state index contributed by atoms with van der Waals surface area (Å²) in [6.45, 7) is 1.67. The molecule has 0 saturated carbocycles. The first-order chi connectivity index (χ1) is 13.1. The molecule has 0 bridgehead atoms. The van der Waals surface area contributed by atoms with Crippen molar-refractivity contribution in [3.05, 3.63) is 59.8 Å². The zero-order valence-electron chi connectivity index (χ0n) is 14.9. The molecule has 1 saturated heterocycles. The van der Waals surface area contributed by atoms with Crippen molar-refractivity contribution in [3.63, 3.8) is 0 Å². The van der Waals surface area contributed by atoms with Gasteiger partial charge in [0.25, 0.3) is 0 Å². The molecule has 3 aromatic rings. The van der Waals surface area contributed by atoms with Crippen LogP contribution in [0.25, 0.3) is 10.9 Å². The Morgan fingerprint density at radius 1 is 0.926 bits per heavy atom. The van der Waals surface area contributed by atoms with Gasteiger partial charge in [-0.25, -0.2) is 8.42 Å². The number of sulfone groups is 1. The van der Waals surface area contributed by atoms with Gasteiger partial charge in [0.2, 0.25) is 9.84 Å². The van der Waals surface area contributed by atoms with Crippen LogP contribution in [0.15, 0.2) is 64.5 Å². The largest absolute Gasteiger partial charge is 0.370 e. The van der Waals surface area contributed by atoms with E-state index >= 15 is 0 Å². The molecule has 0 atom stereocenters. The molecular weight excluding hydrogens is 380 g/mol. The number of anilines is 1. The summed E-state index contributed by atoms with van der Waals surface area (Å²) in [6.07, 6.45) is 5.94. The van der Waals surface area contributed by atoms with Gasteiger partial charge >= 0.3 is 0 Å². The molecule has 0 aliphatic carbocycles. The minimum atomic E-state index is -3.68. The van der Waals surface area contributed by atoms with Gasteiger partial charge in [-0.3, -0.25) is 4.98 Å². The van der Waals surface area contributed by atoms with Crippen LogP contribution in [0.2, 0.25) is 5.02 Å². The minimum absolute atomic E-state index is 0.255. The van der Waals surface area contributed by atoms with E-state index in [0.29, 0.717) is 5.02 Å². The average Bonchev–Trinajstić information content (AvgIpc) is 2.97. The molecule has 0 N–H and O–H groups in total. The van der Waals surface area contributed by atoms with Gasteiger partial charge in [0.1, 0.15) is 4.90 Å². The molecule has 2 heterocycles. The van der Waals surface area contributed by atoms with Crippen molar-refractivity contribution in [1.29, 1.82) is 0 Å². The van der Waals surface area contributed by atoms with Crippen molar-refractivity contribution >= 4 is 38.0 Å². The molecule has 2 aromatic carbocycles. The number of nitrogens with zero attached hydrogens (tertiary/aromatic N) is 2. The van der Waals surface area contributed by atoms with Gasteiger partial charge in [0, 0.05) is 29.7 Å². The van der Waals surface area contributed by atoms with Crippen LogP contribution >= 0.6 is 11.6 Å². The summed E-state index contributed by atoms with van der Waals surface area (Å²) in [7, 11) is -3.68.